The van der Waals surface area contributed by atoms with Crippen molar-refractivity contribution < 1.29 is 9.90 Å². The molecule has 4 nitrogen and oxygen atoms in total. The van der Waals surface area contributed by atoms with Gasteiger partial charge >= 0.3 is 5.97 Å². The predicted molar refractivity (Wildman–Crippen MR) is 64.6 cm³/mol. The van der Waals surface area contributed by atoms with E-state index in [0.717, 1.165) is 25.9 Å². The summed E-state index contributed by atoms with van der Waals surface area (Å²) >= 11 is 0. The van der Waals surface area contributed by atoms with Gasteiger partial charge in [-0.2, -0.15) is 0 Å². The maximum absolute atomic E-state index is 11.0. The quantitative estimate of drug-likeness (QED) is 0.766. The lowest BCUT2D eigenvalue weighted by Gasteiger charge is -2.31. The molecule has 0 amide bonds. The number of rotatable bonds is 5. The van der Waals surface area contributed by atoms with Gasteiger partial charge in [0, 0.05) is 12.1 Å². The molecule has 1 heterocycles. The van der Waals surface area contributed by atoms with Gasteiger partial charge in [-0.25, -0.2) is 0 Å². The summed E-state index contributed by atoms with van der Waals surface area (Å²) in [6, 6.07) is 0. The zero-order chi connectivity index (χ0) is 12.3. The number of aliphatic carboxylic acids is 1. The van der Waals surface area contributed by atoms with E-state index in [1.54, 1.807) is 0 Å². The van der Waals surface area contributed by atoms with E-state index >= 15 is 0 Å². The van der Waals surface area contributed by atoms with Crippen molar-refractivity contribution in [3.05, 3.63) is 0 Å². The lowest BCUT2D eigenvalue weighted by atomic mass is 9.96. The van der Waals surface area contributed by atoms with Gasteiger partial charge in [-0.15, -0.1) is 0 Å². The Labute approximate surface area is 98.2 Å². The standard InChI is InChI=1S/C12H24N2O2/c1-12(2)8-10(11(15)16)9-14(12)7-5-6-13(3)4/h10H,5-9H2,1-4H3,(H,15,16). The molecule has 1 N–H and O–H groups in total. The molecule has 0 aromatic rings. The SMILES string of the molecule is CN(C)CCCN1CC(C(=O)O)CC1(C)C. The third-order valence-corrected chi connectivity index (χ3v) is 3.43. The molecule has 4 heteroatoms. The van der Waals surface area contributed by atoms with Crippen LogP contribution in [0.5, 0.6) is 0 Å². The maximum atomic E-state index is 11.0. The number of hydrogen-bond acceptors (Lipinski definition) is 3. The van der Waals surface area contributed by atoms with Crippen LogP contribution < -0.4 is 0 Å². The van der Waals surface area contributed by atoms with Crippen molar-refractivity contribution in [3.63, 3.8) is 0 Å². The number of carboxylic acids is 1. The predicted octanol–water partition coefficient (Wildman–Crippen LogP) is 1.12. The van der Waals surface area contributed by atoms with Gasteiger partial charge in [0.2, 0.25) is 0 Å². The van der Waals surface area contributed by atoms with Crippen LogP contribution in [0.2, 0.25) is 0 Å². The van der Waals surface area contributed by atoms with Gasteiger partial charge in [0.1, 0.15) is 0 Å². The Hall–Kier alpha value is -0.610. The zero-order valence-electron chi connectivity index (χ0n) is 10.9. The Morgan fingerprint density at radius 1 is 1.50 bits per heavy atom. The Morgan fingerprint density at radius 2 is 2.12 bits per heavy atom. The summed E-state index contributed by atoms with van der Waals surface area (Å²) in [5.41, 5.74) is 0.0371. The molecule has 16 heavy (non-hydrogen) atoms. The van der Waals surface area contributed by atoms with E-state index < -0.39 is 5.97 Å². The molecular formula is C12H24N2O2. The minimum atomic E-state index is -0.650. The number of carbonyl (C=O) groups is 1. The second-order valence-electron chi connectivity index (χ2n) is 5.65. The molecule has 1 aliphatic rings. The van der Waals surface area contributed by atoms with Crippen LogP contribution in [0.1, 0.15) is 26.7 Å². The van der Waals surface area contributed by atoms with Crippen molar-refractivity contribution in [2.45, 2.75) is 32.2 Å². The van der Waals surface area contributed by atoms with Crippen LogP contribution in [0.4, 0.5) is 0 Å². The topological polar surface area (TPSA) is 43.8 Å². The fourth-order valence-electron chi connectivity index (χ4n) is 2.45. The summed E-state index contributed by atoms with van der Waals surface area (Å²) in [5.74, 6) is -0.836. The summed E-state index contributed by atoms with van der Waals surface area (Å²) in [6.45, 7) is 7.05. The molecule has 1 aliphatic heterocycles. The van der Waals surface area contributed by atoms with Crippen molar-refractivity contribution in [1.82, 2.24) is 9.80 Å². The fraction of sp³-hybridized carbons (Fsp3) is 0.917. The van der Waals surface area contributed by atoms with Crippen molar-refractivity contribution >= 4 is 5.97 Å². The minimum absolute atomic E-state index is 0.0371. The highest BCUT2D eigenvalue weighted by Crippen LogP contribution is 2.32. The van der Waals surface area contributed by atoms with Gasteiger partial charge in [0.25, 0.3) is 0 Å². The Balaban J connectivity index is 2.44. The number of carboxylic acid groups (broad SMARTS) is 1. The van der Waals surface area contributed by atoms with Gasteiger partial charge in [-0.1, -0.05) is 0 Å². The van der Waals surface area contributed by atoms with Crippen molar-refractivity contribution in [3.8, 4) is 0 Å². The van der Waals surface area contributed by atoms with Crippen molar-refractivity contribution in [2.24, 2.45) is 5.92 Å². The first-order chi connectivity index (χ1) is 7.33. The first kappa shape index (κ1) is 13.5. The Kier molecular flexibility index (Phi) is 4.33. The molecule has 0 aromatic heterocycles. The van der Waals surface area contributed by atoms with Gasteiger partial charge in [-0.3, -0.25) is 9.69 Å². The highest BCUT2D eigenvalue weighted by atomic mass is 16.4. The van der Waals surface area contributed by atoms with E-state index in [4.69, 9.17) is 5.11 Å². The first-order valence-electron chi connectivity index (χ1n) is 5.95. The van der Waals surface area contributed by atoms with Crippen LogP contribution in [0, 0.1) is 5.92 Å². The fourth-order valence-corrected chi connectivity index (χ4v) is 2.45. The molecule has 1 unspecified atom stereocenters. The zero-order valence-corrected chi connectivity index (χ0v) is 10.9. The minimum Gasteiger partial charge on any atom is -0.481 e. The number of hydrogen-bond donors (Lipinski definition) is 1. The third-order valence-electron chi connectivity index (χ3n) is 3.43. The van der Waals surface area contributed by atoms with E-state index in [0.29, 0.717) is 6.54 Å². The number of likely N-dealkylation sites (tertiary alicyclic amines) is 1. The second-order valence-corrected chi connectivity index (χ2v) is 5.65. The Morgan fingerprint density at radius 3 is 2.56 bits per heavy atom. The summed E-state index contributed by atoms with van der Waals surface area (Å²) in [5, 5.41) is 9.04. The summed E-state index contributed by atoms with van der Waals surface area (Å²) < 4.78 is 0. The molecule has 0 bridgehead atoms. The second kappa shape index (κ2) is 5.15. The van der Waals surface area contributed by atoms with Crippen molar-refractivity contribution in [2.75, 3.05) is 33.7 Å². The van der Waals surface area contributed by atoms with Crippen LogP contribution >= 0.6 is 0 Å². The average Bonchev–Trinajstić information content (AvgIpc) is 2.41. The van der Waals surface area contributed by atoms with E-state index in [1.807, 2.05) is 0 Å². The van der Waals surface area contributed by atoms with Crippen LogP contribution in [-0.2, 0) is 4.79 Å². The van der Waals surface area contributed by atoms with E-state index in [-0.39, 0.29) is 11.5 Å². The van der Waals surface area contributed by atoms with Gasteiger partial charge < -0.3 is 10.0 Å². The maximum Gasteiger partial charge on any atom is 0.307 e. The molecule has 1 saturated heterocycles. The average molecular weight is 228 g/mol. The van der Waals surface area contributed by atoms with E-state index in [2.05, 4.69) is 37.7 Å². The van der Waals surface area contributed by atoms with Gasteiger partial charge in [-0.05, 0) is 53.9 Å². The summed E-state index contributed by atoms with van der Waals surface area (Å²) in [7, 11) is 4.13. The highest BCUT2D eigenvalue weighted by Gasteiger charge is 2.40. The number of nitrogens with zero attached hydrogens (tertiary/aromatic N) is 2. The molecule has 1 rings (SSSR count). The normalized spacial score (nSPS) is 25.2. The lowest BCUT2D eigenvalue weighted by Crippen LogP contribution is -2.39. The lowest BCUT2D eigenvalue weighted by molar-refractivity contribution is -0.141. The Bertz CT molecular complexity index is 251. The van der Waals surface area contributed by atoms with Crippen molar-refractivity contribution in [1.29, 1.82) is 0 Å². The van der Waals surface area contributed by atoms with E-state index in [9.17, 15) is 4.79 Å². The molecule has 1 fully saturated rings. The largest absolute Gasteiger partial charge is 0.481 e. The molecular weight excluding hydrogens is 204 g/mol. The molecule has 0 aliphatic carbocycles. The summed E-state index contributed by atoms with van der Waals surface area (Å²) in [4.78, 5) is 15.5. The van der Waals surface area contributed by atoms with Crippen LogP contribution in [-0.4, -0.2) is 60.1 Å². The first-order valence-corrected chi connectivity index (χ1v) is 5.95. The third kappa shape index (κ3) is 3.46. The van der Waals surface area contributed by atoms with Gasteiger partial charge in [0.15, 0.2) is 0 Å². The highest BCUT2D eigenvalue weighted by molar-refractivity contribution is 5.70. The molecule has 0 saturated carbocycles. The molecule has 0 spiro atoms. The monoisotopic (exact) mass is 228 g/mol. The molecule has 1 atom stereocenters. The van der Waals surface area contributed by atoms with E-state index in [1.165, 1.54) is 0 Å². The molecule has 0 radical (unpaired) electrons. The molecule has 0 aromatic carbocycles. The van der Waals surface area contributed by atoms with Crippen LogP contribution in [0.25, 0.3) is 0 Å². The smallest absolute Gasteiger partial charge is 0.307 e. The van der Waals surface area contributed by atoms with Gasteiger partial charge in [0.05, 0.1) is 5.92 Å². The van der Waals surface area contributed by atoms with Crippen LogP contribution in [0.15, 0.2) is 0 Å². The van der Waals surface area contributed by atoms with Crippen LogP contribution in [0.3, 0.4) is 0 Å². The molecule has 94 valence electrons. The summed E-state index contributed by atoms with van der Waals surface area (Å²) in [6.07, 6.45) is 1.87.